The molecule has 3 fully saturated rings. The number of sulfonamides is 1. The van der Waals surface area contributed by atoms with Gasteiger partial charge in [0.15, 0.2) is 0 Å². The molecular formula is C30H38N4O9S. The zero-order valence-corrected chi connectivity index (χ0v) is 25.6. The summed E-state index contributed by atoms with van der Waals surface area (Å²) < 4.78 is 37.6. The normalized spacial score (nSPS) is 29.6. The van der Waals surface area contributed by atoms with E-state index in [9.17, 15) is 32.4 Å². The van der Waals surface area contributed by atoms with E-state index in [0.717, 1.165) is 12.8 Å². The SMILES string of the molecule is COC(=O)c1cccc(NC(=O)O[C@@H]2C[C@@H]3C(=O)N[C@]4(C(=O)NS(=O)(=O)C5CC5)C[C@@H]4/C=C\CCCCN(C)C(=O)[C@H]3C2)c1. The predicted octanol–water partition coefficient (Wildman–Crippen LogP) is 2.10. The van der Waals surface area contributed by atoms with Crippen LogP contribution in [0.2, 0.25) is 0 Å². The topological polar surface area (TPSA) is 177 Å². The van der Waals surface area contributed by atoms with Gasteiger partial charge in [0.05, 0.1) is 29.8 Å². The van der Waals surface area contributed by atoms with Gasteiger partial charge in [-0.2, -0.15) is 0 Å². The van der Waals surface area contributed by atoms with E-state index in [1.54, 1.807) is 24.1 Å². The van der Waals surface area contributed by atoms with Crippen molar-refractivity contribution in [3.05, 3.63) is 42.0 Å². The van der Waals surface area contributed by atoms with Crippen LogP contribution in [0.5, 0.6) is 0 Å². The molecule has 44 heavy (non-hydrogen) atoms. The quantitative estimate of drug-likeness (QED) is 0.314. The van der Waals surface area contributed by atoms with Gasteiger partial charge in [-0.1, -0.05) is 18.2 Å². The number of carbonyl (C=O) groups excluding carboxylic acids is 5. The fraction of sp³-hybridized carbons (Fsp3) is 0.567. The van der Waals surface area contributed by atoms with Gasteiger partial charge in [0.1, 0.15) is 11.6 Å². The van der Waals surface area contributed by atoms with Crippen LogP contribution in [0.15, 0.2) is 36.4 Å². The van der Waals surface area contributed by atoms with Crippen LogP contribution in [0.4, 0.5) is 10.5 Å². The lowest BCUT2D eigenvalue weighted by Gasteiger charge is -2.26. The number of allylic oxidation sites excluding steroid dienone is 1. The van der Waals surface area contributed by atoms with Crippen LogP contribution in [0.25, 0.3) is 0 Å². The molecule has 3 N–H and O–H groups in total. The summed E-state index contributed by atoms with van der Waals surface area (Å²) in [4.78, 5) is 66.9. The summed E-state index contributed by atoms with van der Waals surface area (Å²) >= 11 is 0. The Hall–Kier alpha value is -3.94. The van der Waals surface area contributed by atoms with Crippen LogP contribution in [0, 0.1) is 17.8 Å². The highest BCUT2D eigenvalue weighted by Crippen LogP contribution is 2.47. The zero-order valence-electron chi connectivity index (χ0n) is 24.7. The van der Waals surface area contributed by atoms with Crippen molar-refractivity contribution in [1.29, 1.82) is 0 Å². The lowest BCUT2D eigenvalue weighted by Crippen LogP contribution is -2.54. The number of ether oxygens (including phenoxy) is 2. The van der Waals surface area contributed by atoms with Gasteiger partial charge in [0.2, 0.25) is 21.8 Å². The van der Waals surface area contributed by atoms with Crippen molar-refractivity contribution in [2.24, 2.45) is 17.8 Å². The van der Waals surface area contributed by atoms with Crippen LogP contribution < -0.4 is 15.4 Å². The summed E-state index contributed by atoms with van der Waals surface area (Å²) in [5.74, 6) is -4.30. The van der Waals surface area contributed by atoms with Crippen LogP contribution in [0.1, 0.15) is 61.7 Å². The summed E-state index contributed by atoms with van der Waals surface area (Å²) in [5.41, 5.74) is -0.915. The largest absolute Gasteiger partial charge is 0.465 e. The van der Waals surface area contributed by atoms with Crippen LogP contribution in [-0.2, 0) is 33.9 Å². The Morgan fingerprint density at radius 1 is 1.09 bits per heavy atom. The molecule has 4 amide bonds. The Bertz CT molecular complexity index is 1470. The maximum Gasteiger partial charge on any atom is 0.411 e. The standard InChI is InChI=1S/C30H38N4O9S/c1-34-13-6-4-3-5-9-19-17-30(19,28(38)33-44(40,41)22-11-12-22)32-25(35)23-15-21(16-24(23)26(34)36)43-29(39)31-20-10-7-8-18(14-20)27(37)42-2/h5,7-10,14,19,21-24H,3-4,6,11-13,15-17H2,1-2H3,(H,31,39)(H,32,35)(H,33,38)/b9-5-/t19-,21+,23-,24-,30+/m0/s1. The number of nitrogens with one attached hydrogen (secondary N) is 3. The Balaban J connectivity index is 1.33. The third kappa shape index (κ3) is 6.90. The van der Waals surface area contributed by atoms with E-state index in [1.807, 2.05) is 12.2 Å². The molecule has 0 unspecified atom stereocenters. The van der Waals surface area contributed by atoms with Gasteiger partial charge < -0.3 is 19.7 Å². The van der Waals surface area contributed by atoms with E-state index in [1.165, 1.54) is 19.2 Å². The van der Waals surface area contributed by atoms with Crippen LogP contribution in [-0.4, -0.2) is 80.7 Å². The second kappa shape index (κ2) is 12.6. The van der Waals surface area contributed by atoms with Gasteiger partial charge in [-0.3, -0.25) is 24.4 Å². The molecule has 14 heteroatoms. The third-order valence-electron chi connectivity index (χ3n) is 8.80. The van der Waals surface area contributed by atoms with E-state index in [0.29, 0.717) is 31.5 Å². The molecule has 5 rings (SSSR count). The molecule has 5 atom stereocenters. The molecule has 0 radical (unpaired) electrons. The van der Waals surface area contributed by atoms with Crippen LogP contribution in [0.3, 0.4) is 0 Å². The highest BCUT2D eigenvalue weighted by atomic mass is 32.2. The molecule has 13 nitrogen and oxygen atoms in total. The summed E-state index contributed by atoms with van der Waals surface area (Å²) in [6.07, 6.45) is 5.74. The summed E-state index contributed by atoms with van der Waals surface area (Å²) in [6, 6.07) is 6.10. The Morgan fingerprint density at radius 3 is 2.57 bits per heavy atom. The molecule has 1 aliphatic heterocycles. The van der Waals surface area contributed by atoms with Crippen molar-refractivity contribution in [3.8, 4) is 0 Å². The van der Waals surface area contributed by atoms with Crippen molar-refractivity contribution in [2.45, 2.75) is 68.3 Å². The minimum absolute atomic E-state index is 0.0320. The number of rotatable bonds is 6. The van der Waals surface area contributed by atoms with Gasteiger partial charge in [0.25, 0.3) is 5.91 Å². The number of methoxy groups -OCH3 is 1. The maximum absolute atomic E-state index is 13.8. The average Bonchev–Trinajstić information content (AvgIpc) is 3.91. The first kappa shape index (κ1) is 31.5. The van der Waals surface area contributed by atoms with Gasteiger partial charge in [-0.15, -0.1) is 0 Å². The predicted molar refractivity (Wildman–Crippen MR) is 158 cm³/mol. The summed E-state index contributed by atoms with van der Waals surface area (Å²) in [5, 5.41) is 4.77. The number of hydrogen-bond acceptors (Lipinski definition) is 9. The number of carbonyl (C=O) groups is 5. The number of anilines is 1. The lowest BCUT2D eigenvalue weighted by molar-refractivity contribution is -0.140. The highest BCUT2D eigenvalue weighted by Gasteiger charge is 2.62. The van der Waals surface area contributed by atoms with E-state index >= 15 is 0 Å². The second-order valence-corrected chi connectivity index (χ2v) is 14.0. The Kier molecular flexibility index (Phi) is 9.00. The fourth-order valence-electron chi connectivity index (χ4n) is 6.03. The first-order valence-corrected chi connectivity index (χ1v) is 16.4. The van der Waals surface area contributed by atoms with Crippen LogP contribution >= 0.6 is 0 Å². The van der Waals surface area contributed by atoms with Crippen molar-refractivity contribution in [3.63, 3.8) is 0 Å². The fourth-order valence-corrected chi connectivity index (χ4v) is 7.40. The number of amides is 4. The Morgan fingerprint density at radius 2 is 1.84 bits per heavy atom. The number of fused-ring (bicyclic) bond motifs is 2. The zero-order chi connectivity index (χ0) is 31.6. The Labute approximate surface area is 256 Å². The van der Waals surface area contributed by atoms with Crippen molar-refractivity contribution in [1.82, 2.24) is 14.9 Å². The number of esters is 1. The minimum Gasteiger partial charge on any atom is -0.465 e. The molecule has 0 bridgehead atoms. The highest BCUT2D eigenvalue weighted by molar-refractivity contribution is 7.91. The molecule has 3 saturated carbocycles. The summed E-state index contributed by atoms with van der Waals surface area (Å²) in [7, 11) is -0.926. The van der Waals surface area contributed by atoms with E-state index < -0.39 is 62.6 Å². The smallest absolute Gasteiger partial charge is 0.411 e. The van der Waals surface area contributed by atoms with Gasteiger partial charge >= 0.3 is 12.1 Å². The van der Waals surface area contributed by atoms with E-state index in [2.05, 4.69) is 15.4 Å². The molecule has 0 saturated heterocycles. The lowest BCUT2D eigenvalue weighted by atomic mass is 9.93. The monoisotopic (exact) mass is 630 g/mol. The molecule has 3 aliphatic carbocycles. The van der Waals surface area contributed by atoms with Gasteiger partial charge in [-0.25, -0.2) is 18.0 Å². The average molecular weight is 631 g/mol. The van der Waals surface area contributed by atoms with Gasteiger partial charge in [-0.05, 0) is 69.6 Å². The van der Waals surface area contributed by atoms with E-state index in [4.69, 9.17) is 9.47 Å². The molecule has 1 aromatic carbocycles. The number of benzene rings is 1. The second-order valence-electron chi connectivity index (χ2n) is 12.0. The molecule has 0 spiro atoms. The van der Waals surface area contributed by atoms with E-state index in [-0.39, 0.29) is 36.7 Å². The molecular weight excluding hydrogens is 592 g/mol. The number of hydrogen-bond donors (Lipinski definition) is 3. The van der Waals surface area contributed by atoms with Crippen molar-refractivity contribution >= 4 is 45.5 Å². The first-order chi connectivity index (χ1) is 20.9. The molecule has 1 aromatic rings. The molecule has 238 valence electrons. The summed E-state index contributed by atoms with van der Waals surface area (Å²) in [6.45, 7) is 0.495. The minimum atomic E-state index is -3.84. The first-order valence-electron chi connectivity index (χ1n) is 14.9. The van der Waals surface area contributed by atoms with Crippen molar-refractivity contribution < 1.29 is 41.9 Å². The molecule has 0 aromatic heterocycles. The third-order valence-corrected chi connectivity index (χ3v) is 10.6. The molecule has 4 aliphatic rings. The van der Waals surface area contributed by atoms with Crippen molar-refractivity contribution in [2.75, 3.05) is 26.0 Å². The number of nitrogens with zero attached hydrogens (tertiary/aromatic N) is 1. The molecule has 1 heterocycles. The maximum atomic E-state index is 13.8. The van der Waals surface area contributed by atoms with Gasteiger partial charge in [0, 0.05) is 25.2 Å².